The van der Waals surface area contributed by atoms with Gasteiger partial charge in [0.15, 0.2) is 0 Å². The molecule has 0 atom stereocenters. The van der Waals surface area contributed by atoms with Crippen LogP contribution in [0.25, 0.3) is 0 Å². The Hall–Kier alpha value is -1.10. The Morgan fingerprint density at radius 1 is 1.00 bits per heavy atom. The number of carbonyl (C=O) groups is 3. The van der Waals surface area contributed by atoms with Crippen molar-refractivity contribution in [2.45, 2.75) is 19.8 Å². The number of carboxylic acid groups (broad SMARTS) is 3. The zero-order valence-corrected chi connectivity index (χ0v) is 8.28. The van der Waals surface area contributed by atoms with Crippen molar-refractivity contribution >= 4 is 17.9 Å². The maximum absolute atomic E-state index is 10.5. The van der Waals surface area contributed by atoms with Crippen molar-refractivity contribution in [3.05, 3.63) is 0 Å². The van der Waals surface area contributed by atoms with Crippen molar-refractivity contribution in [1.29, 1.82) is 0 Å². The van der Waals surface area contributed by atoms with E-state index in [-0.39, 0.29) is 22.9 Å². The van der Waals surface area contributed by atoms with Gasteiger partial charge in [0.2, 0.25) is 0 Å². The molecule has 7 heteroatoms. The maximum atomic E-state index is 10.5. The fourth-order valence-electron chi connectivity index (χ4n) is 0.970. The van der Waals surface area contributed by atoms with Crippen molar-refractivity contribution in [3.63, 3.8) is 0 Å². The molecule has 6 nitrogen and oxygen atoms in total. The fourth-order valence-corrected chi connectivity index (χ4v) is 0.970. The predicted molar refractivity (Wildman–Crippen MR) is 40.2 cm³/mol. The second-order valence-electron chi connectivity index (χ2n) is 2.57. The van der Waals surface area contributed by atoms with Crippen LogP contribution in [0.5, 0.6) is 0 Å². The van der Waals surface area contributed by atoms with Crippen LogP contribution in [0.4, 0.5) is 0 Å². The molecule has 0 saturated carbocycles. The van der Waals surface area contributed by atoms with Crippen molar-refractivity contribution in [3.8, 4) is 0 Å². The Balaban J connectivity index is 0. The molecule has 0 saturated heterocycles. The molecule has 14 heavy (non-hydrogen) atoms. The summed E-state index contributed by atoms with van der Waals surface area (Å²) >= 11 is 0. The van der Waals surface area contributed by atoms with Crippen LogP contribution in [0.2, 0.25) is 0 Å². The molecule has 0 aliphatic carbocycles. The van der Waals surface area contributed by atoms with Gasteiger partial charge < -0.3 is 15.3 Å². The molecule has 0 rings (SSSR count). The summed E-state index contributed by atoms with van der Waals surface area (Å²) in [4.78, 5) is 31.6. The minimum Gasteiger partial charge on any atom is -0.480 e. The molecule has 0 aliphatic rings. The minimum atomic E-state index is -2.70. The van der Waals surface area contributed by atoms with Gasteiger partial charge in [0.05, 0.1) is 0 Å². The Morgan fingerprint density at radius 2 is 1.29 bits per heavy atom. The molecule has 0 aromatic rings. The molecular formula is C7H10NiO6. The van der Waals surface area contributed by atoms with E-state index in [1.807, 2.05) is 0 Å². The first-order chi connectivity index (χ1) is 5.89. The molecular weight excluding hydrogens is 239 g/mol. The Bertz CT molecular complexity index is 213. The first-order valence-corrected chi connectivity index (χ1v) is 3.59. The van der Waals surface area contributed by atoms with Crippen LogP contribution in [0.15, 0.2) is 0 Å². The Morgan fingerprint density at radius 3 is 1.36 bits per heavy atom. The van der Waals surface area contributed by atoms with E-state index in [9.17, 15) is 14.4 Å². The van der Waals surface area contributed by atoms with Gasteiger partial charge in [0.25, 0.3) is 5.41 Å². The van der Waals surface area contributed by atoms with E-state index >= 15 is 0 Å². The van der Waals surface area contributed by atoms with Crippen LogP contribution in [0, 0.1) is 5.41 Å². The first kappa shape index (κ1) is 15.4. The summed E-state index contributed by atoms with van der Waals surface area (Å²) in [7, 11) is 0. The van der Waals surface area contributed by atoms with Crippen LogP contribution in [0.3, 0.4) is 0 Å². The van der Waals surface area contributed by atoms with Crippen molar-refractivity contribution in [1.82, 2.24) is 0 Å². The molecule has 0 fully saturated rings. The topological polar surface area (TPSA) is 112 Å². The van der Waals surface area contributed by atoms with E-state index in [2.05, 4.69) is 0 Å². The van der Waals surface area contributed by atoms with Gasteiger partial charge in [-0.2, -0.15) is 0 Å². The molecule has 0 aliphatic heterocycles. The zero-order chi connectivity index (χ0) is 10.6. The maximum Gasteiger partial charge on any atom is 0.332 e. The van der Waals surface area contributed by atoms with Gasteiger partial charge in [-0.15, -0.1) is 0 Å². The number of aliphatic carboxylic acids is 3. The molecule has 0 heterocycles. The third-order valence-electron chi connectivity index (χ3n) is 1.72. The smallest absolute Gasteiger partial charge is 0.332 e. The average Bonchev–Trinajstić information content (AvgIpc) is 1.97. The zero-order valence-electron chi connectivity index (χ0n) is 7.30. The predicted octanol–water partition coefficient (Wildman–Crippen LogP) is 0.0242. The standard InChI is InChI=1S/C7H10O6.Ni/c1-2-3-7(4(8)9,5(10)11)6(12)13;/h2-3H2,1H3,(H,8,9)(H,10,11)(H,12,13);. The van der Waals surface area contributed by atoms with Gasteiger partial charge in [0, 0.05) is 16.5 Å². The van der Waals surface area contributed by atoms with E-state index in [4.69, 9.17) is 15.3 Å². The number of hydrogen-bond acceptors (Lipinski definition) is 3. The van der Waals surface area contributed by atoms with Crippen LogP contribution < -0.4 is 0 Å². The summed E-state index contributed by atoms with van der Waals surface area (Å²) < 4.78 is 0. The molecule has 0 bridgehead atoms. The molecule has 0 unspecified atom stereocenters. The second kappa shape index (κ2) is 5.60. The van der Waals surface area contributed by atoms with Gasteiger partial charge >= 0.3 is 17.9 Å². The monoisotopic (exact) mass is 248 g/mol. The van der Waals surface area contributed by atoms with Gasteiger partial charge in [-0.25, -0.2) is 0 Å². The van der Waals surface area contributed by atoms with Gasteiger partial charge in [-0.3, -0.25) is 14.4 Å². The quantitative estimate of drug-likeness (QED) is 0.467. The summed E-state index contributed by atoms with van der Waals surface area (Å²) in [5.74, 6) is -5.52. The minimum absolute atomic E-state index is 0. The first-order valence-electron chi connectivity index (χ1n) is 3.59. The van der Waals surface area contributed by atoms with Gasteiger partial charge in [0.1, 0.15) is 0 Å². The van der Waals surface area contributed by atoms with E-state index in [0.717, 1.165) is 0 Å². The summed E-state index contributed by atoms with van der Waals surface area (Å²) in [5, 5.41) is 25.6. The molecule has 84 valence electrons. The second-order valence-corrected chi connectivity index (χ2v) is 2.57. The Labute approximate surface area is 89.8 Å². The Kier molecular flexibility index (Phi) is 6.15. The van der Waals surface area contributed by atoms with Gasteiger partial charge in [-0.05, 0) is 6.42 Å². The third-order valence-corrected chi connectivity index (χ3v) is 1.72. The van der Waals surface area contributed by atoms with E-state index < -0.39 is 29.7 Å². The summed E-state index contributed by atoms with van der Waals surface area (Å²) in [6.07, 6.45) is -0.252. The molecule has 0 amide bonds. The molecule has 0 aromatic carbocycles. The van der Waals surface area contributed by atoms with Crippen LogP contribution in [-0.4, -0.2) is 33.2 Å². The van der Waals surface area contributed by atoms with Crippen molar-refractivity contribution < 1.29 is 46.2 Å². The van der Waals surface area contributed by atoms with Crippen LogP contribution in [-0.2, 0) is 30.9 Å². The molecule has 0 aromatic heterocycles. The third kappa shape index (κ3) is 2.45. The summed E-state index contributed by atoms with van der Waals surface area (Å²) in [6.45, 7) is 1.52. The number of rotatable bonds is 5. The number of carboxylic acids is 3. The van der Waals surface area contributed by atoms with Crippen LogP contribution in [0.1, 0.15) is 19.8 Å². The van der Waals surface area contributed by atoms with E-state index in [1.165, 1.54) is 6.92 Å². The van der Waals surface area contributed by atoms with Crippen LogP contribution >= 0.6 is 0 Å². The molecule has 0 spiro atoms. The molecule has 3 N–H and O–H groups in total. The number of hydrogen-bond donors (Lipinski definition) is 3. The van der Waals surface area contributed by atoms with E-state index in [1.54, 1.807) is 0 Å². The largest absolute Gasteiger partial charge is 0.480 e. The van der Waals surface area contributed by atoms with E-state index in [0.29, 0.717) is 0 Å². The van der Waals surface area contributed by atoms with Gasteiger partial charge in [-0.1, -0.05) is 13.3 Å². The summed E-state index contributed by atoms with van der Waals surface area (Å²) in [6, 6.07) is 0. The summed E-state index contributed by atoms with van der Waals surface area (Å²) in [5.41, 5.74) is -2.70. The van der Waals surface area contributed by atoms with Crippen molar-refractivity contribution in [2.75, 3.05) is 0 Å². The average molecular weight is 249 g/mol. The molecule has 0 radical (unpaired) electrons. The van der Waals surface area contributed by atoms with Crippen molar-refractivity contribution in [2.24, 2.45) is 5.41 Å². The normalized spacial score (nSPS) is 10.1. The fraction of sp³-hybridized carbons (Fsp3) is 0.571. The SMILES string of the molecule is CCCC(C(=O)O)(C(=O)O)C(=O)O.[Ni].